The number of aromatic hydroxyl groups is 1. The highest BCUT2D eigenvalue weighted by Crippen LogP contribution is 2.49. The average molecular weight is 460 g/mol. The van der Waals surface area contributed by atoms with Crippen LogP contribution < -0.4 is 5.73 Å². The van der Waals surface area contributed by atoms with Crippen molar-refractivity contribution in [1.29, 1.82) is 0 Å². The van der Waals surface area contributed by atoms with Crippen molar-refractivity contribution in [3.63, 3.8) is 0 Å². The minimum Gasteiger partial charge on any atom is -0.510 e. The Morgan fingerprint density at radius 3 is 2.39 bits per heavy atom. The van der Waals surface area contributed by atoms with Gasteiger partial charge in [0, 0.05) is 23.8 Å². The van der Waals surface area contributed by atoms with Crippen LogP contribution in [0.15, 0.2) is 35.1 Å². The number of fused-ring (bicyclic) bond motifs is 1. The first-order chi connectivity index (χ1) is 15.4. The number of aliphatic hydroxyl groups excluding tert-OH is 4. The fourth-order valence-corrected chi connectivity index (χ4v) is 5.19. The molecule has 1 amide bonds. The van der Waals surface area contributed by atoms with Gasteiger partial charge in [0.2, 0.25) is 0 Å². The van der Waals surface area contributed by atoms with E-state index in [-0.39, 0.29) is 23.3 Å². The first-order valence-corrected chi connectivity index (χ1v) is 10.4. The maximum atomic E-state index is 12.7. The summed E-state index contributed by atoms with van der Waals surface area (Å²) in [5.41, 5.74) is 4.96. The van der Waals surface area contributed by atoms with Crippen LogP contribution in [0.25, 0.3) is 5.76 Å². The Balaban J connectivity index is 2.18. The third-order valence-electron chi connectivity index (χ3n) is 6.62. The topological polar surface area (TPSA) is 182 Å². The van der Waals surface area contributed by atoms with E-state index in [1.54, 1.807) is 33.2 Å². The summed E-state index contributed by atoms with van der Waals surface area (Å²) in [7, 11) is 3.17. The van der Waals surface area contributed by atoms with Crippen LogP contribution in [-0.4, -0.2) is 80.8 Å². The highest BCUT2D eigenvalue weighted by Gasteiger charge is 2.49. The standard InChI is InChI=1S/C23H28N2O8/c1-9-10-5-4-6-12(27)16(10)21(31)17(14(29)8-26)15(9)20(30)11-7-13(28)18(23(24)33)22(32)19(11)25(2)3/h4-6,9,11,15,19-20,26-27,30-32H,7-8H2,1-3H3,(H2,24,33)/t9-,11?,15?,19-,20+/m0/s1. The van der Waals surface area contributed by atoms with Gasteiger partial charge in [0.05, 0.1) is 17.7 Å². The average Bonchev–Trinajstić information content (AvgIpc) is 2.73. The van der Waals surface area contributed by atoms with Gasteiger partial charge in [-0.05, 0) is 31.6 Å². The van der Waals surface area contributed by atoms with Gasteiger partial charge >= 0.3 is 0 Å². The highest BCUT2D eigenvalue weighted by molar-refractivity contribution is 6.20. The minimum atomic E-state index is -1.46. The van der Waals surface area contributed by atoms with E-state index in [1.807, 2.05) is 0 Å². The molecule has 0 heterocycles. The van der Waals surface area contributed by atoms with Crippen molar-refractivity contribution in [2.24, 2.45) is 17.6 Å². The number of hydrogen-bond donors (Lipinski definition) is 6. The molecule has 33 heavy (non-hydrogen) atoms. The molecule has 10 heteroatoms. The lowest BCUT2D eigenvalue weighted by Gasteiger charge is -2.43. The van der Waals surface area contributed by atoms with E-state index in [2.05, 4.69) is 0 Å². The number of amides is 1. The molecule has 0 spiro atoms. The number of likely N-dealkylation sites (N-methyl/N-ethyl adjacent to an activating group) is 1. The van der Waals surface area contributed by atoms with E-state index >= 15 is 0 Å². The summed E-state index contributed by atoms with van der Waals surface area (Å²) < 4.78 is 0. The molecule has 5 atom stereocenters. The molecule has 0 saturated heterocycles. The molecule has 1 aromatic rings. The van der Waals surface area contributed by atoms with Crippen LogP contribution in [0.5, 0.6) is 5.75 Å². The first kappa shape index (κ1) is 24.4. The van der Waals surface area contributed by atoms with Crippen molar-refractivity contribution in [3.8, 4) is 5.75 Å². The molecule has 0 saturated carbocycles. The summed E-state index contributed by atoms with van der Waals surface area (Å²) in [4.78, 5) is 38.5. The third kappa shape index (κ3) is 3.90. The monoisotopic (exact) mass is 460 g/mol. The number of benzene rings is 1. The molecule has 3 rings (SSSR count). The van der Waals surface area contributed by atoms with Gasteiger partial charge in [-0.15, -0.1) is 0 Å². The molecule has 1 aromatic carbocycles. The second-order valence-electron chi connectivity index (χ2n) is 8.71. The number of aliphatic hydroxyl groups is 4. The van der Waals surface area contributed by atoms with Gasteiger partial charge < -0.3 is 31.3 Å². The van der Waals surface area contributed by atoms with Gasteiger partial charge in [0.15, 0.2) is 11.6 Å². The molecular formula is C23H28N2O8. The van der Waals surface area contributed by atoms with Crippen LogP contribution in [0.2, 0.25) is 0 Å². The zero-order valence-electron chi connectivity index (χ0n) is 18.5. The summed E-state index contributed by atoms with van der Waals surface area (Å²) in [6.07, 6.45) is -1.81. The molecule has 0 aliphatic heterocycles. The number of nitrogens with zero attached hydrogens (tertiary/aromatic N) is 1. The molecule has 178 valence electrons. The smallest absolute Gasteiger partial charge is 0.255 e. The van der Waals surface area contributed by atoms with Gasteiger partial charge in [-0.1, -0.05) is 19.1 Å². The summed E-state index contributed by atoms with van der Waals surface area (Å²) in [6.45, 7) is 0.735. The Morgan fingerprint density at radius 1 is 1.21 bits per heavy atom. The van der Waals surface area contributed by atoms with E-state index in [1.165, 1.54) is 11.0 Å². The molecule has 7 N–H and O–H groups in total. The number of primary amides is 1. The summed E-state index contributed by atoms with van der Waals surface area (Å²) in [6, 6.07) is 3.55. The zero-order valence-corrected chi connectivity index (χ0v) is 18.5. The SMILES string of the molecule is C[C@H]1c2cccc(O)c2C(O)=C(C(=O)CO)C1[C@H](O)C1CC(=O)C(C(N)=O)=C(O)[C@H]1N(C)C. The van der Waals surface area contributed by atoms with Gasteiger partial charge in [-0.2, -0.15) is 0 Å². The number of Topliss-reactive ketones (excluding diaryl/α,β-unsaturated/α-hetero) is 2. The van der Waals surface area contributed by atoms with E-state index < -0.39 is 71.1 Å². The number of nitrogens with two attached hydrogens (primary N) is 1. The van der Waals surface area contributed by atoms with Crippen LogP contribution in [-0.2, 0) is 14.4 Å². The maximum absolute atomic E-state index is 12.7. The molecule has 2 unspecified atom stereocenters. The molecule has 0 bridgehead atoms. The quantitative estimate of drug-likeness (QED) is 0.322. The van der Waals surface area contributed by atoms with E-state index in [9.17, 15) is 39.9 Å². The fraction of sp³-hybridized carbons (Fsp3) is 0.435. The zero-order chi connectivity index (χ0) is 24.8. The number of rotatable bonds is 6. The summed E-state index contributed by atoms with van der Waals surface area (Å²) in [5, 5.41) is 52.9. The highest BCUT2D eigenvalue weighted by atomic mass is 16.3. The Labute approximate surface area is 190 Å². The van der Waals surface area contributed by atoms with E-state index in [4.69, 9.17) is 5.73 Å². The van der Waals surface area contributed by atoms with Crippen molar-refractivity contribution in [2.45, 2.75) is 31.4 Å². The second kappa shape index (κ2) is 8.97. The molecule has 0 aromatic heterocycles. The van der Waals surface area contributed by atoms with Crippen LogP contribution >= 0.6 is 0 Å². The third-order valence-corrected chi connectivity index (χ3v) is 6.62. The largest absolute Gasteiger partial charge is 0.510 e. The number of carbonyl (C=O) groups is 3. The molecule has 0 radical (unpaired) electrons. The first-order valence-electron chi connectivity index (χ1n) is 10.4. The Hall–Kier alpha value is -3.21. The number of hydrogen-bond acceptors (Lipinski definition) is 9. The Kier molecular flexibility index (Phi) is 6.64. The molecule has 10 nitrogen and oxygen atoms in total. The maximum Gasteiger partial charge on any atom is 0.255 e. The predicted molar refractivity (Wildman–Crippen MR) is 117 cm³/mol. The second-order valence-corrected chi connectivity index (χ2v) is 8.71. The molecule has 2 aliphatic rings. The van der Waals surface area contributed by atoms with Gasteiger partial charge in [0.25, 0.3) is 5.91 Å². The lowest BCUT2D eigenvalue weighted by molar-refractivity contribution is -0.125. The van der Waals surface area contributed by atoms with Crippen molar-refractivity contribution in [1.82, 2.24) is 4.90 Å². The van der Waals surface area contributed by atoms with Gasteiger partial charge in [-0.25, -0.2) is 0 Å². The Bertz CT molecular complexity index is 1070. The minimum absolute atomic E-state index is 0.0351. The number of carbonyl (C=O) groups excluding carboxylic acids is 3. The van der Waals surface area contributed by atoms with Crippen molar-refractivity contribution in [3.05, 3.63) is 46.2 Å². The molecular weight excluding hydrogens is 432 g/mol. The van der Waals surface area contributed by atoms with Gasteiger partial charge in [0.1, 0.15) is 29.4 Å². The molecule has 2 aliphatic carbocycles. The summed E-state index contributed by atoms with van der Waals surface area (Å²) in [5.74, 6) is -6.75. The number of phenols is 1. The van der Waals surface area contributed by atoms with Crippen LogP contribution in [0.1, 0.15) is 30.4 Å². The van der Waals surface area contributed by atoms with Crippen molar-refractivity contribution in [2.75, 3.05) is 20.7 Å². The van der Waals surface area contributed by atoms with Gasteiger partial charge in [-0.3, -0.25) is 19.3 Å². The van der Waals surface area contributed by atoms with E-state index in [0.29, 0.717) is 5.56 Å². The van der Waals surface area contributed by atoms with Crippen LogP contribution in [0.3, 0.4) is 0 Å². The fourth-order valence-electron chi connectivity index (χ4n) is 5.19. The number of phenolic OH excluding ortho intramolecular Hbond substituents is 1. The van der Waals surface area contributed by atoms with Crippen molar-refractivity contribution >= 4 is 23.2 Å². The lowest BCUT2D eigenvalue weighted by Crippen LogP contribution is -2.52. The molecule has 0 fully saturated rings. The lowest BCUT2D eigenvalue weighted by atomic mass is 9.65. The summed E-state index contributed by atoms with van der Waals surface area (Å²) >= 11 is 0. The predicted octanol–water partition coefficient (Wildman–Crippen LogP) is 0.134. The van der Waals surface area contributed by atoms with Crippen LogP contribution in [0.4, 0.5) is 0 Å². The Morgan fingerprint density at radius 2 is 1.85 bits per heavy atom. The number of ketones is 2. The van der Waals surface area contributed by atoms with Crippen molar-refractivity contribution < 1.29 is 39.9 Å². The normalized spacial score (nSPS) is 26.4. The van der Waals surface area contributed by atoms with E-state index in [0.717, 1.165) is 0 Å². The van der Waals surface area contributed by atoms with Crippen LogP contribution in [0, 0.1) is 11.8 Å².